The Morgan fingerprint density at radius 1 is 0.681 bits per heavy atom. The second-order valence-corrected chi connectivity index (χ2v) is 13.6. The molecule has 0 radical (unpaired) electrons. The average molecular weight is 764 g/mol. The molecule has 0 aliphatic carbocycles. The molecule has 0 aromatic heterocycles. The first-order chi connectivity index (χ1) is 21.8. The number of hydrogen-bond donors (Lipinski definition) is 4. The maximum Gasteiger partial charge on any atom is 0.325 e. The van der Waals surface area contributed by atoms with Crippen LogP contribution in [-0.2, 0) is 43.9 Å². The molecule has 0 saturated heterocycles. The van der Waals surface area contributed by atoms with Gasteiger partial charge in [-0.2, -0.15) is 9.44 Å². The van der Waals surface area contributed by atoms with Crippen molar-refractivity contribution in [3.63, 3.8) is 0 Å². The number of nitrogens with two attached hydrogens (primary N) is 2. The topological polar surface area (TPSA) is 214 Å². The predicted octanol–water partition coefficient (Wildman–Crippen LogP) is 3.26. The minimum absolute atomic E-state index is 0. The third-order valence-electron chi connectivity index (χ3n) is 6.11. The van der Waals surface area contributed by atoms with Crippen LogP contribution in [-0.4, -0.2) is 72.9 Å². The molecule has 268 valence electrons. The Morgan fingerprint density at radius 3 is 1.23 bits per heavy atom. The lowest BCUT2D eigenvalue weighted by molar-refractivity contribution is -0.144. The minimum Gasteiger partial charge on any atom is -0.448 e. The molecule has 0 unspecified atom stereocenters. The van der Waals surface area contributed by atoms with Gasteiger partial charge in [0.15, 0.2) is 12.1 Å². The van der Waals surface area contributed by atoms with Crippen LogP contribution in [0.5, 0.6) is 0 Å². The van der Waals surface area contributed by atoms with Crippen LogP contribution in [0.1, 0.15) is 49.7 Å². The van der Waals surface area contributed by atoms with Crippen LogP contribution in [0, 0.1) is 13.8 Å². The number of esters is 2. The van der Waals surface area contributed by atoms with Crippen molar-refractivity contribution in [2.45, 2.75) is 74.2 Å². The summed E-state index contributed by atoms with van der Waals surface area (Å²) < 4.78 is 63.4. The molecular weight excluding hydrogens is 719 g/mol. The molecule has 0 bridgehead atoms. The van der Waals surface area contributed by atoms with Gasteiger partial charge < -0.3 is 25.7 Å². The number of halogens is 3. The second kappa shape index (κ2) is 25.6. The van der Waals surface area contributed by atoms with E-state index in [1.807, 2.05) is 20.6 Å². The molecule has 0 aliphatic rings. The number of unbranched alkanes of at least 4 members (excludes halogenated alkanes) is 2. The van der Waals surface area contributed by atoms with Crippen LogP contribution < -0.4 is 20.9 Å². The Bertz CT molecular complexity index is 1280. The molecule has 0 aliphatic heterocycles. The van der Waals surface area contributed by atoms with Gasteiger partial charge in [0.05, 0.1) is 9.79 Å². The van der Waals surface area contributed by atoms with Gasteiger partial charge in [0, 0.05) is 0 Å². The van der Waals surface area contributed by atoms with E-state index in [-0.39, 0.29) is 34.3 Å². The first kappa shape index (κ1) is 46.8. The quantitative estimate of drug-likeness (QED) is 0.0983. The summed E-state index contributed by atoms with van der Waals surface area (Å²) in [6.45, 7) is 6.67. The fourth-order valence-corrected chi connectivity index (χ4v) is 6.34. The fraction of sp³-hybridized carbons (Fsp3) is 0.483. The molecule has 0 saturated carbocycles. The lowest BCUT2D eigenvalue weighted by Gasteiger charge is -2.17. The van der Waals surface area contributed by atoms with E-state index in [1.54, 1.807) is 24.3 Å². The monoisotopic (exact) mass is 762 g/mol. The third-order valence-corrected chi connectivity index (χ3v) is 9.31. The Labute approximate surface area is 293 Å². The molecule has 47 heavy (non-hydrogen) atoms. The summed E-state index contributed by atoms with van der Waals surface area (Å²) in [5.74, 6) is -1.38. The predicted molar refractivity (Wildman–Crippen MR) is 184 cm³/mol. The van der Waals surface area contributed by atoms with Gasteiger partial charge in [-0.25, -0.2) is 16.8 Å². The summed E-state index contributed by atoms with van der Waals surface area (Å²) >= 11 is 10.7. The number of aryl methyl sites for hydroxylation is 2. The lowest BCUT2D eigenvalue weighted by Crippen LogP contribution is -2.41. The van der Waals surface area contributed by atoms with E-state index >= 15 is 0 Å². The molecule has 6 N–H and O–H groups in total. The van der Waals surface area contributed by atoms with Crippen LogP contribution in [0.2, 0.25) is 0 Å². The zero-order chi connectivity index (χ0) is 35.2. The van der Waals surface area contributed by atoms with Crippen molar-refractivity contribution in [2.24, 2.45) is 11.5 Å². The van der Waals surface area contributed by atoms with E-state index in [0.29, 0.717) is 51.6 Å². The van der Waals surface area contributed by atoms with Gasteiger partial charge in [0.25, 0.3) is 0 Å². The van der Waals surface area contributed by atoms with Crippen molar-refractivity contribution >= 4 is 74.4 Å². The first-order valence-electron chi connectivity index (χ1n) is 14.1. The van der Waals surface area contributed by atoms with E-state index in [2.05, 4.69) is 9.44 Å². The normalized spacial score (nSPS) is 12.1. The molecule has 18 heteroatoms. The highest BCUT2D eigenvalue weighted by molar-refractivity contribution is 7.89. The lowest BCUT2D eigenvalue weighted by atomic mass is 10.1. The summed E-state index contributed by atoms with van der Waals surface area (Å²) in [5, 5.41) is 0. The molecule has 0 spiro atoms. The Hall–Kier alpha value is -2.34. The van der Waals surface area contributed by atoms with Crippen molar-refractivity contribution in [1.82, 2.24) is 9.44 Å². The number of carbonyl (C=O) groups excluding carboxylic acids is 3. The summed E-state index contributed by atoms with van der Waals surface area (Å²) in [4.78, 5) is 31.9. The standard InChI is InChI=1S/2C14H21ClN2O4S.CH2O.ClH/c2*1-11-5-7-12(8-6-11)22(19,20)17-13(4-2-3-9-16)14(18)21-10-15;1-2;/h2*5-8,13,17H,2-4,9-10,16H2,1H3;1H2;1H/t2*13-;;/m00../s1. The Balaban J connectivity index is 0. The van der Waals surface area contributed by atoms with E-state index in [4.69, 9.17) is 48.9 Å². The van der Waals surface area contributed by atoms with Crippen molar-refractivity contribution in [3.8, 4) is 0 Å². The second-order valence-electron chi connectivity index (χ2n) is 9.69. The van der Waals surface area contributed by atoms with Crippen LogP contribution in [0.25, 0.3) is 0 Å². The average Bonchev–Trinajstić information content (AvgIpc) is 3.02. The summed E-state index contributed by atoms with van der Waals surface area (Å²) in [7, 11) is -7.60. The van der Waals surface area contributed by atoms with Gasteiger partial charge in [-0.15, -0.1) is 12.4 Å². The molecule has 0 heterocycles. The molecule has 2 aromatic carbocycles. The van der Waals surface area contributed by atoms with Gasteiger partial charge in [0.2, 0.25) is 20.0 Å². The molecule has 0 fully saturated rings. The maximum absolute atomic E-state index is 12.3. The summed E-state index contributed by atoms with van der Waals surface area (Å²) in [5.41, 5.74) is 12.7. The van der Waals surface area contributed by atoms with Gasteiger partial charge in [-0.3, -0.25) is 9.59 Å². The van der Waals surface area contributed by atoms with Crippen molar-refractivity contribution < 1.29 is 40.7 Å². The zero-order valence-corrected chi connectivity index (χ0v) is 30.3. The highest BCUT2D eigenvalue weighted by Gasteiger charge is 2.27. The highest BCUT2D eigenvalue weighted by Crippen LogP contribution is 2.14. The Kier molecular flexibility index (Phi) is 25.5. The number of rotatable bonds is 18. The summed E-state index contributed by atoms with van der Waals surface area (Å²) in [6, 6.07) is 10.1. The largest absolute Gasteiger partial charge is 0.448 e. The minimum atomic E-state index is -3.80. The van der Waals surface area contributed by atoms with Gasteiger partial charge in [-0.1, -0.05) is 71.4 Å². The number of hydrogen-bond acceptors (Lipinski definition) is 11. The van der Waals surface area contributed by atoms with E-state index in [0.717, 1.165) is 11.1 Å². The molecule has 2 aromatic rings. The van der Waals surface area contributed by atoms with E-state index in [1.165, 1.54) is 24.3 Å². The number of carbonyl (C=O) groups is 3. The Morgan fingerprint density at radius 2 is 0.979 bits per heavy atom. The van der Waals surface area contributed by atoms with Gasteiger partial charge >= 0.3 is 11.9 Å². The van der Waals surface area contributed by atoms with Crippen molar-refractivity contribution in [2.75, 3.05) is 25.2 Å². The van der Waals surface area contributed by atoms with Crippen molar-refractivity contribution in [3.05, 3.63) is 59.7 Å². The van der Waals surface area contributed by atoms with E-state index < -0.39 is 44.1 Å². The van der Waals surface area contributed by atoms with Gasteiger partial charge in [-0.05, 0) is 76.9 Å². The fourth-order valence-electron chi connectivity index (χ4n) is 3.69. The highest BCUT2D eigenvalue weighted by atomic mass is 35.5. The molecule has 2 atom stereocenters. The number of nitrogens with one attached hydrogen (secondary N) is 2. The van der Waals surface area contributed by atoms with Crippen LogP contribution in [0.15, 0.2) is 58.3 Å². The number of benzene rings is 2. The number of ether oxygens (including phenoxy) is 2. The van der Waals surface area contributed by atoms with E-state index in [9.17, 15) is 26.4 Å². The smallest absolute Gasteiger partial charge is 0.325 e. The SMILES string of the molecule is C=O.Cc1ccc(S(=O)(=O)N[C@@H](CCCCN)C(=O)OCCl)cc1.Cc1ccc(S(=O)(=O)N[C@@H](CCCCN)C(=O)OCCl)cc1.Cl. The summed E-state index contributed by atoms with van der Waals surface area (Å²) in [6.07, 6.45) is 3.20. The first-order valence-corrected chi connectivity index (χ1v) is 18.2. The van der Waals surface area contributed by atoms with Crippen molar-refractivity contribution in [1.29, 1.82) is 0 Å². The molecule has 13 nitrogen and oxygen atoms in total. The molecule has 0 amide bonds. The van der Waals surface area contributed by atoms with Crippen LogP contribution in [0.3, 0.4) is 0 Å². The zero-order valence-electron chi connectivity index (χ0n) is 26.4. The number of alkyl halides is 2. The number of sulfonamides is 2. The van der Waals surface area contributed by atoms with Crippen LogP contribution >= 0.6 is 35.6 Å². The van der Waals surface area contributed by atoms with Gasteiger partial charge in [0.1, 0.15) is 18.9 Å². The molecule has 2 rings (SSSR count). The van der Waals surface area contributed by atoms with Crippen LogP contribution in [0.4, 0.5) is 0 Å². The maximum atomic E-state index is 12.3. The molecular formula is C29H45Cl3N4O9S2. The third kappa shape index (κ3) is 18.7.